The van der Waals surface area contributed by atoms with Crippen LogP contribution < -0.4 is 5.32 Å². The molecule has 2 heterocycles. The highest BCUT2D eigenvalue weighted by Crippen LogP contribution is 2.41. The highest BCUT2D eigenvalue weighted by molar-refractivity contribution is 7.99. The summed E-state index contributed by atoms with van der Waals surface area (Å²) in [5.74, 6) is 1.40. The van der Waals surface area contributed by atoms with E-state index in [4.69, 9.17) is 0 Å². The van der Waals surface area contributed by atoms with Crippen molar-refractivity contribution >= 4 is 29.0 Å². The normalized spacial score (nSPS) is 15.6. The summed E-state index contributed by atoms with van der Waals surface area (Å²) in [7, 11) is 0. The summed E-state index contributed by atoms with van der Waals surface area (Å²) >= 11 is 3.16. The first-order chi connectivity index (χ1) is 11.2. The molecule has 1 atom stereocenters. The van der Waals surface area contributed by atoms with E-state index in [9.17, 15) is 4.79 Å². The predicted molar refractivity (Wildman–Crippen MR) is 94.8 cm³/mol. The molecule has 1 saturated carbocycles. The first-order valence-electron chi connectivity index (χ1n) is 8.10. The molecule has 3 rings (SSSR count). The highest BCUT2D eigenvalue weighted by atomic mass is 32.2. The smallest absolute Gasteiger partial charge is 0.230 e. The van der Waals surface area contributed by atoms with Crippen molar-refractivity contribution in [2.75, 3.05) is 5.75 Å². The number of nitrogens with one attached hydrogen (secondary N) is 1. The molecule has 7 heteroatoms. The Morgan fingerprint density at radius 1 is 1.52 bits per heavy atom. The zero-order chi connectivity index (χ0) is 16.2. The number of carbonyl (C=O) groups is 1. The number of thiophene rings is 1. The van der Waals surface area contributed by atoms with Gasteiger partial charge in [-0.1, -0.05) is 31.2 Å². The van der Waals surface area contributed by atoms with E-state index in [-0.39, 0.29) is 11.9 Å². The second kappa shape index (κ2) is 7.49. The standard InChI is InChI=1S/C16H22N4OS2/c1-3-5-11(2)17-14(21)10-23-16-19-18-15(13-6-4-9-22-13)20(16)12-7-8-12/h4,6,9,11-12H,3,5,7-8,10H2,1-2H3,(H,17,21)/t11-/m0/s1. The van der Waals surface area contributed by atoms with Gasteiger partial charge in [-0.2, -0.15) is 0 Å². The lowest BCUT2D eigenvalue weighted by molar-refractivity contribution is -0.119. The first kappa shape index (κ1) is 16.5. The molecule has 2 aromatic heterocycles. The second-order valence-corrected chi connectivity index (χ2v) is 7.82. The number of hydrogen-bond acceptors (Lipinski definition) is 5. The Kier molecular flexibility index (Phi) is 5.38. The Bertz CT molecular complexity index is 649. The van der Waals surface area contributed by atoms with Gasteiger partial charge in [0.05, 0.1) is 10.6 Å². The average molecular weight is 351 g/mol. The maximum atomic E-state index is 12.0. The molecule has 1 aliphatic rings. The van der Waals surface area contributed by atoms with Crippen LogP contribution in [0.2, 0.25) is 0 Å². The van der Waals surface area contributed by atoms with Crippen LogP contribution in [-0.4, -0.2) is 32.5 Å². The zero-order valence-corrected chi connectivity index (χ0v) is 15.1. The van der Waals surface area contributed by atoms with Crippen LogP contribution in [0.5, 0.6) is 0 Å². The van der Waals surface area contributed by atoms with E-state index >= 15 is 0 Å². The van der Waals surface area contributed by atoms with E-state index in [1.807, 2.05) is 13.0 Å². The third kappa shape index (κ3) is 4.14. The van der Waals surface area contributed by atoms with E-state index in [0.717, 1.165) is 28.7 Å². The summed E-state index contributed by atoms with van der Waals surface area (Å²) in [4.78, 5) is 13.2. The minimum atomic E-state index is 0.0685. The fourth-order valence-corrected chi connectivity index (χ4v) is 4.09. The molecule has 0 saturated heterocycles. The van der Waals surface area contributed by atoms with E-state index in [1.165, 1.54) is 24.6 Å². The van der Waals surface area contributed by atoms with E-state index < -0.39 is 0 Å². The Hall–Kier alpha value is -1.34. The SMILES string of the molecule is CCC[C@H](C)NC(=O)CSc1nnc(-c2cccs2)n1C1CC1. The quantitative estimate of drug-likeness (QED) is 0.737. The van der Waals surface area contributed by atoms with Crippen molar-refractivity contribution < 1.29 is 4.79 Å². The Morgan fingerprint density at radius 2 is 2.35 bits per heavy atom. The Labute approximate surface area is 144 Å². The maximum absolute atomic E-state index is 12.0. The average Bonchev–Trinajstić information content (AvgIpc) is 3.05. The summed E-state index contributed by atoms with van der Waals surface area (Å²) in [6.07, 6.45) is 4.43. The second-order valence-electron chi connectivity index (χ2n) is 5.93. The number of carbonyl (C=O) groups excluding carboxylic acids is 1. The number of thioether (sulfide) groups is 1. The molecule has 23 heavy (non-hydrogen) atoms. The molecule has 0 bridgehead atoms. The summed E-state index contributed by atoms with van der Waals surface area (Å²) in [6.45, 7) is 4.18. The van der Waals surface area contributed by atoms with Crippen LogP contribution >= 0.6 is 23.1 Å². The molecule has 5 nitrogen and oxygen atoms in total. The van der Waals surface area contributed by atoms with Crippen molar-refractivity contribution in [3.63, 3.8) is 0 Å². The van der Waals surface area contributed by atoms with Crippen LogP contribution in [0.25, 0.3) is 10.7 Å². The van der Waals surface area contributed by atoms with Crippen molar-refractivity contribution in [2.24, 2.45) is 0 Å². The molecule has 1 N–H and O–H groups in total. The van der Waals surface area contributed by atoms with Gasteiger partial charge >= 0.3 is 0 Å². The fraction of sp³-hybridized carbons (Fsp3) is 0.562. The number of aromatic nitrogens is 3. The van der Waals surface area contributed by atoms with Gasteiger partial charge in [0.15, 0.2) is 11.0 Å². The summed E-state index contributed by atoms with van der Waals surface area (Å²) in [6, 6.07) is 4.82. The molecule has 124 valence electrons. The van der Waals surface area contributed by atoms with E-state index in [2.05, 4.69) is 38.5 Å². The largest absolute Gasteiger partial charge is 0.353 e. The molecular weight excluding hydrogens is 328 g/mol. The molecule has 0 radical (unpaired) electrons. The Morgan fingerprint density at radius 3 is 3.00 bits per heavy atom. The molecular formula is C16H22N4OS2. The molecule has 1 fully saturated rings. The van der Waals surface area contributed by atoms with Gasteiger partial charge in [-0.25, -0.2) is 0 Å². The first-order valence-corrected chi connectivity index (χ1v) is 9.96. The number of nitrogens with zero attached hydrogens (tertiary/aromatic N) is 3. The van der Waals surface area contributed by atoms with Gasteiger partial charge in [0.2, 0.25) is 5.91 Å². The number of hydrogen-bond donors (Lipinski definition) is 1. The van der Waals surface area contributed by atoms with Crippen LogP contribution in [0.15, 0.2) is 22.7 Å². The number of rotatable bonds is 8. The molecule has 0 unspecified atom stereocenters. The third-order valence-corrected chi connectivity index (χ3v) is 5.59. The van der Waals surface area contributed by atoms with Crippen LogP contribution in [0, 0.1) is 0 Å². The lowest BCUT2D eigenvalue weighted by Crippen LogP contribution is -2.33. The summed E-state index contributed by atoms with van der Waals surface area (Å²) in [5, 5.41) is 14.6. The molecule has 0 spiro atoms. The monoisotopic (exact) mass is 350 g/mol. The topological polar surface area (TPSA) is 59.8 Å². The zero-order valence-electron chi connectivity index (χ0n) is 13.5. The highest BCUT2D eigenvalue weighted by Gasteiger charge is 2.30. The molecule has 1 amide bonds. The molecule has 0 aromatic carbocycles. The maximum Gasteiger partial charge on any atom is 0.230 e. The minimum Gasteiger partial charge on any atom is -0.353 e. The molecule has 0 aliphatic heterocycles. The van der Waals surface area contributed by atoms with Crippen LogP contribution in [0.4, 0.5) is 0 Å². The van der Waals surface area contributed by atoms with Gasteiger partial charge in [-0.3, -0.25) is 9.36 Å². The van der Waals surface area contributed by atoms with Crippen molar-refractivity contribution in [3.8, 4) is 10.7 Å². The van der Waals surface area contributed by atoms with Crippen LogP contribution in [0.1, 0.15) is 45.6 Å². The van der Waals surface area contributed by atoms with Crippen molar-refractivity contribution in [3.05, 3.63) is 17.5 Å². The number of amides is 1. The van der Waals surface area contributed by atoms with E-state index in [1.54, 1.807) is 11.3 Å². The van der Waals surface area contributed by atoms with Crippen LogP contribution in [0.3, 0.4) is 0 Å². The van der Waals surface area contributed by atoms with Crippen molar-refractivity contribution in [1.82, 2.24) is 20.1 Å². The van der Waals surface area contributed by atoms with Crippen molar-refractivity contribution in [1.29, 1.82) is 0 Å². The summed E-state index contributed by atoms with van der Waals surface area (Å²) in [5.41, 5.74) is 0. The molecule has 2 aromatic rings. The predicted octanol–water partition coefficient (Wildman–Crippen LogP) is 3.74. The van der Waals surface area contributed by atoms with Gasteiger partial charge in [-0.15, -0.1) is 21.5 Å². The van der Waals surface area contributed by atoms with Gasteiger partial charge in [-0.05, 0) is 37.6 Å². The van der Waals surface area contributed by atoms with Crippen molar-refractivity contribution in [2.45, 2.75) is 56.8 Å². The fourth-order valence-electron chi connectivity index (χ4n) is 2.56. The van der Waals surface area contributed by atoms with Gasteiger partial charge in [0.25, 0.3) is 0 Å². The van der Waals surface area contributed by atoms with Gasteiger partial charge in [0.1, 0.15) is 0 Å². The lowest BCUT2D eigenvalue weighted by Gasteiger charge is -2.12. The van der Waals surface area contributed by atoms with E-state index in [0.29, 0.717) is 11.8 Å². The summed E-state index contributed by atoms with van der Waals surface area (Å²) < 4.78 is 2.21. The molecule has 1 aliphatic carbocycles. The minimum absolute atomic E-state index is 0.0685. The lowest BCUT2D eigenvalue weighted by atomic mass is 10.2. The third-order valence-electron chi connectivity index (χ3n) is 3.78. The van der Waals surface area contributed by atoms with Crippen LogP contribution in [-0.2, 0) is 4.79 Å². The Balaban J connectivity index is 1.65. The van der Waals surface area contributed by atoms with Gasteiger partial charge in [0, 0.05) is 12.1 Å². The van der Waals surface area contributed by atoms with Gasteiger partial charge < -0.3 is 5.32 Å².